The van der Waals surface area contributed by atoms with Crippen LogP contribution < -0.4 is 25.5 Å². The van der Waals surface area contributed by atoms with E-state index in [0.29, 0.717) is 57.1 Å². The largest absolute Gasteiger partial charge is 0.496 e. The third kappa shape index (κ3) is 5.19. The van der Waals surface area contributed by atoms with Crippen molar-refractivity contribution in [3.63, 3.8) is 0 Å². The van der Waals surface area contributed by atoms with E-state index >= 15 is 0 Å². The van der Waals surface area contributed by atoms with Crippen LogP contribution in [0.15, 0.2) is 89.7 Å². The number of methoxy groups -OCH3 is 3. The minimum absolute atomic E-state index is 0.0562. The van der Waals surface area contributed by atoms with Crippen LogP contribution in [0.1, 0.15) is 21.6 Å². The second-order valence-corrected chi connectivity index (χ2v) is 9.43. The summed E-state index contributed by atoms with van der Waals surface area (Å²) in [5.41, 5.74) is 9.43. The maximum absolute atomic E-state index is 14.2. The van der Waals surface area contributed by atoms with Crippen LogP contribution in [0.5, 0.6) is 17.2 Å². The molecule has 0 saturated carbocycles. The molecule has 2 N–H and O–H groups in total. The Morgan fingerprint density at radius 3 is 2.10 bits per heavy atom. The van der Waals surface area contributed by atoms with Crippen LogP contribution in [0, 0.1) is 6.92 Å². The second-order valence-electron chi connectivity index (χ2n) is 9.43. The highest BCUT2D eigenvalue weighted by molar-refractivity contribution is 6.07. The van der Waals surface area contributed by atoms with E-state index < -0.39 is 11.5 Å². The molecule has 5 rings (SSSR count). The molecule has 41 heavy (non-hydrogen) atoms. The van der Waals surface area contributed by atoms with Gasteiger partial charge in [0.05, 0.1) is 26.7 Å². The molecule has 0 spiro atoms. The van der Waals surface area contributed by atoms with Crippen LogP contribution in [-0.4, -0.2) is 31.9 Å². The fraction of sp³-hybridized carbons (Fsp3) is 0.152. The minimum atomic E-state index is -0.682. The molecule has 0 fully saturated rings. The highest BCUT2D eigenvalue weighted by atomic mass is 16.5. The van der Waals surface area contributed by atoms with Crippen molar-refractivity contribution in [1.29, 1.82) is 0 Å². The molecule has 0 bridgehead atoms. The molecular weight excluding hydrogens is 520 g/mol. The van der Waals surface area contributed by atoms with Crippen molar-refractivity contribution in [3.05, 3.63) is 112 Å². The fourth-order valence-corrected chi connectivity index (χ4v) is 4.89. The molecule has 0 aliphatic rings. The number of nitrogen functional groups attached to an aromatic ring is 1. The molecule has 8 heteroatoms. The summed E-state index contributed by atoms with van der Waals surface area (Å²) < 4.78 is 23.9. The number of aromatic nitrogens is 1. The number of carbonyl (C=O) groups is 1. The quantitative estimate of drug-likeness (QED) is 0.189. The maximum atomic E-state index is 14.2. The molecule has 0 amide bonds. The average Bonchev–Trinajstić information content (AvgIpc) is 3.01. The lowest BCUT2D eigenvalue weighted by molar-refractivity contribution is 0.0591. The molecule has 1 aromatic heterocycles. The van der Waals surface area contributed by atoms with Crippen LogP contribution in [-0.2, 0) is 11.3 Å². The first-order valence-corrected chi connectivity index (χ1v) is 12.9. The molecule has 208 valence electrons. The number of nitrogens with zero attached hydrogens (tertiary/aromatic N) is 1. The lowest BCUT2D eigenvalue weighted by Gasteiger charge is -2.21. The molecule has 8 nitrogen and oxygen atoms in total. The number of hydrogen-bond acceptors (Lipinski definition) is 7. The fourth-order valence-electron chi connectivity index (χ4n) is 4.89. The number of hydrogen-bond donors (Lipinski definition) is 1. The topological polar surface area (TPSA) is 102 Å². The van der Waals surface area contributed by atoms with E-state index in [4.69, 9.17) is 24.7 Å². The van der Waals surface area contributed by atoms with E-state index in [2.05, 4.69) is 0 Å². The normalized spacial score (nSPS) is 10.8. The summed E-state index contributed by atoms with van der Waals surface area (Å²) >= 11 is 0. The van der Waals surface area contributed by atoms with Crippen molar-refractivity contribution in [1.82, 2.24) is 4.57 Å². The molecule has 0 radical (unpaired) electrons. The van der Waals surface area contributed by atoms with E-state index in [1.807, 2.05) is 49.4 Å². The summed E-state index contributed by atoms with van der Waals surface area (Å²) in [6.45, 7) is 2.21. The molecule has 5 aromatic rings. The Morgan fingerprint density at radius 2 is 1.49 bits per heavy atom. The summed E-state index contributed by atoms with van der Waals surface area (Å²) in [4.78, 5) is 27.7. The molecule has 0 aliphatic carbocycles. The first kappa shape index (κ1) is 27.3. The zero-order valence-corrected chi connectivity index (χ0v) is 23.3. The van der Waals surface area contributed by atoms with Crippen LogP contribution >= 0.6 is 0 Å². The van der Waals surface area contributed by atoms with Gasteiger partial charge in [-0.05, 0) is 78.0 Å². The Balaban J connectivity index is 1.84. The number of pyridine rings is 1. The lowest BCUT2D eigenvalue weighted by Crippen LogP contribution is -2.27. The van der Waals surface area contributed by atoms with Crippen LogP contribution in [0.4, 0.5) is 5.69 Å². The summed E-state index contributed by atoms with van der Waals surface area (Å²) in [7, 11) is 4.41. The van der Waals surface area contributed by atoms with E-state index in [0.717, 1.165) is 11.1 Å². The Hall–Kier alpha value is -5.24. The Kier molecular flexibility index (Phi) is 7.65. The molecule has 0 aliphatic heterocycles. The van der Waals surface area contributed by atoms with Crippen molar-refractivity contribution in [2.75, 3.05) is 27.1 Å². The van der Waals surface area contributed by atoms with Gasteiger partial charge >= 0.3 is 5.97 Å². The van der Waals surface area contributed by atoms with Crippen LogP contribution in [0.25, 0.3) is 27.6 Å². The molecule has 1 heterocycles. The molecule has 0 unspecified atom stereocenters. The first-order valence-electron chi connectivity index (χ1n) is 12.9. The number of esters is 1. The predicted octanol–water partition coefficient (Wildman–Crippen LogP) is 5.93. The molecule has 0 saturated heterocycles. The summed E-state index contributed by atoms with van der Waals surface area (Å²) in [6, 6.07) is 25.4. The first-order chi connectivity index (χ1) is 19.9. The van der Waals surface area contributed by atoms with Gasteiger partial charge in [0.15, 0.2) is 0 Å². The van der Waals surface area contributed by atoms with Crippen molar-refractivity contribution >= 4 is 22.4 Å². The number of nitrogens with two attached hydrogens (primary N) is 1. The van der Waals surface area contributed by atoms with E-state index in [-0.39, 0.29) is 5.69 Å². The lowest BCUT2D eigenvalue weighted by atomic mass is 9.94. The number of fused-ring (bicyclic) bond motifs is 1. The van der Waals surface area contributed by atoms with E-state index in [1.54, 1.807) is 56.7 Å². The van der Waals surface area contributed by atoms with Gasteiger partial charge in [-0.25, -0.2) is 4.79 Å². The van der Waals surface area contributed by atoms with E-state index in [1.165, 1.54) is 11.7 Å². The number of rotatable bonds is 8. The summed E-state index contributed by atoms with van der Waals surface area (Å²) in [5, 5.41) is 0.899. The van der Waals surface area contributed by atoms with Crippen LogP contribution in [0.2, 0.25) is 0 Å². The summed E-state index contributed by atoms with van der Waals surface area (Å²) in [6.07, 6.45) is 0. The zero-order chi connectivity index (χ0) is 29.1. The van der Waals surface area contributed by atoms with E-state index in [9.17, 15) is 9.59 Å². The second kappa shape index (κ2) is 11.5. The van der Waals surface area contributed by atoms with Crippen molar-refractivity contribution in [3.8, 4) is 34.1 Å². The third-order valence-corrected chi connectivity index (χ3v) is 6.97. The van der Waals surface area contributed by atoms with Gasteiger partial charge in [-0.1, -0.05) is 30.3 Å². The van der Waals surface area contributed by atoms with Crippen molar-refractivity contribution in [2.45, 2.75) is 13.5 Å². The smallest absolute Gasteiger partial charge is 0.355 e. The van der Waals surface area contributed by atoms with Gasteiger partial charge in [0.1, 0.15) is 29.5 Å². The number of ether oxygens (including phenoxy) is 4. The van der Waals surface area contributed by atoms with Crippen molar-refractivity contribution < 1.29 is 23.7 Å². The monoisotopic (exact) mass is 550 g/mol. The number of anilines is 1. The third-order valence-electron chi connectivity index (χ3n) is 6.97. The number of benzene rings is 4. The Morgan fingerprint density at radius 1 is 0.829 bits per heavy atom. The molecule has 0 atom stereocenters. The molecule has 4 aromatic carbocycles. The van der Waals surface area contributed by atoms with Gasteiger partial charge in [0.25, 0.3) is 5.56 Å². The van der Waals surface area contributed by atoms with Crippen molar-refractivity contribution in [2.24, 2.45) is 0 Å². The number of carbonyl (C=O) groups excluding carboxylic acids is 1. The van der Waals surface area contributed by atoms with Crippen LogP contribution in [0.3, 0.4) is 0 Å². The van der Waals surface area contributed by atoms with Gasteiger partial charge < -0.3 is 24.7 Å². The summed E-state index contributed by atoms with van der Waals surface area (Å²) in [5.74, 6) is 0.963. The zero-order valence-electron chi connectivity index (χ0n) is 23.3. The molecular formula is C33H30N2O6. The Bertz CT molecular complexity index is 1770. The van der Waals surface area contributed by atoms with Gasteiger partial charge in [-0.2, -0.15) is 0 Å². The average molecular weight is 551 g/mol. The predicted molar refractivity (Wildman–Crippen MR) is 159 cm³/mol. The highest BCUT2D eigenvalue weighted by Gasteiger charge is 2.26. The van der Waals surface area contributed by atoms with Gasteiger partial charge in [0, 0.05) is 22.5 Å². The Labute approximate surface area is 237 Å². The van der Waals surface area contributed by atoms with Gasteiger partial charge in [-0.3, -0.25) is 9.36 Å². The maximum Gasteiger partial charge on any atom is 0.355 e. The van der Waals surface area contributed by atoms with Gasteiger partial charge in [-0.15, -0.1) is 0 Å². The van der Waals surface area contributed by atoms with Gasteiger partial charge in [0.2, 0.25) is 0 Å². The standard InChI is InChI=1S/C33H30N2O6/c1-20-28(38-2)16-22(17-29(20)39-3)30-26-15-14-25(41-19-21-8-6-5-7-9-21)18-27(26)32(36)35(31(30)33(37)40-4)24-12-10-23(34)11-13-24/h5-18H,19,34H2,1-4H3. The highest BCUT2D eigenvalue weighted by Crippen LogP contribution is 2.40. The minimum Gasteiger partial charge on any atom is -0.496 e. The SMILES string of the molecule is COC(=O)c1c(-c2cc(OC)c(C)c(OC)c2)c2ccc(OCc3ccccc3)cc2c(=O)n1-c1ccc(N)cc1.